The van der Waals surface area contributed by atoms with Crippen LogP contribution >= 0.6 is 24.0 Å². The number of nitrogens with one attached hydrogen (secondary N) is 2. The normalized spacial score (nSPS) is 19.3. The Hall–Kier alpha value is -1.23. The Morgan fingerprint density at radius 2 is 2.08 bits per heavy atom. The van der Waals surface area contributed by atoms with Crippen LogP contribution in [0.5, 0.6) is 11.5 Å². The highest BCUT2D eigenvalue weighted by atomic mass is 127. The third-order valence-corrected chi connectivity index (χ3v) is 5.51. The molecule has 0 aromatic heterocycles. The molecule has 0 bridgehead atoms. The molecule has 2 N–H and O–H groups in total. The molecule has 24 heavy (non-hydrogen) atoms. The van der Waals surface area contributed by atoms with Crippen molar-refractivity contribution in [2.24, 2.45) is 4.99 Å². The minimum atomic E-state index is -2.91. The fourth-order valence-corrected chi connectivity index (χ4v) is 4.15. The summed E-state index contributed by atoms with van der Waals surface area (Å²) in [5.41, 5.74) is 0.954. The van der Waals surface area contributed by atoms with Crippen molar-refractivity contribution >= 4 is 39.8 Å². The third kappa shape index (κ3) is 5.69. The average molecular weight is 469 g/mol. The first-order chi connectivity index (χ1) is 11.0. The van der Waals surface area contributed by atoms with Crippen LogP contribution in [-0.4, -0.2) is 53.2 Å². The lowest BCUT2D eigenvalue weighted by Gasteiger charge is -2.17. The molecule has 0 aliphatic carbocycles. The van der Waals surface area contributed by atoms with Gasteiger partial charge < -0.3 is 20.1 Å². The highest BCUT2D eigenvalue weighted by Gasteiger charge is 2.28. The summed E-state index contributed by atoms with van der Waals surface area (Å²) < 4.78 is 33.5. The summed E-state index contributed by atoms with van der Waals surface area (Å²) in [5, 5.41) is 6.32. The van der Waals surface area contributed by atoms with Gasteiger partial charge in [-0.1, -0.05) is 0 Å². The Balaban J connectivity index is 0.00000288. The van der Waals surface area contributed by atoms with Crippen molar-refractivity contribution < 1.29 is 17.9 Å². The third-order valence-electron chi connectivity index (χ3n) is 3.74. The van der Waals surface area contributed by atoms with Gasteiger partial charge in [-0.3, -0.25) is 4.99 Å². The maximum Gasteiger partial charge on any atom is 0.191 e. The Kier molecular flexibility index (Phi) is 8.07. The van der Waals surface area contributed by atoms with Crippen LogP contribution in [0.15, 0.2) is 23.2 Å². The Morgan fingerprint density at radius 3 is 2.62 bits per heavy atom. The van der Waals surface area contributed by atoms with Crippen molar-refractivity contribution in [3.63, 3.8) is 0 Å². The van der Waals surface area contributed by atoms with Gasteiger partial charge in [0, 0.05) is 31.3 Å². The summed E-state index contributed by atoms with van der Waals surface area (Å²) in [7, 11) is 1.95. The minimum Gasteiger partial charge on any atom is -0.497 e. The van der Waals surface area contributed by atoms with Gasteiger partial charge in [-0.2, -0.15) is 0 Å². The van der Waals surface area contributed by atoms with E-state index in [0.29, 0.717) is 18.9 Å². The number of halogens is 1. The first-order valence-electron chi connectivity index (χ1n) is 7.36. The smallest absolute Gasteiger partial charge is 0.191 e. The second-order valence-electron chi connectivity index (χ2n) is 5.35. The number of benzene rings is 1. The summed E-state index contributed by atoms with van der Waals surface area (Å²) in [6.07, 6.45) is 0.606. The van der Waals surface area contributed by atoms with Crippen molar-refractivity contribution in [1.29, 1.82) is 0 Å². The molecule has 1 saturated heterocycles. The van der Waals surface area contributed by atoms with Gasteiger partial charge in [0.25, 0.3) is 0 Å². The predicted octanol–water partition coefficient (Wildman–Crippen LogP) is 1.17. The number of ether oxygens (including phenoxy) is 2. The number of hydrogen-bond donors (Lipinski definition) is 2. The molecule has 1 fully saturated rings. The van der Waals surface area contributed by atoms with Gasteiger partial charge in [-0.15, -0.1) is 24.0 Å². The van der Waals surface area contributed by atoms with Crippen LogP contribution in [0.2, 0.25) is 0 Å². The number of methoxy groups -OCH3 is 2. The molecule has 2 rings (SSSR count). The van der Waals surface area contributed by atoms with Crippen molar-refractivity contribution in [2.75, 3.05) is 32.8 Å². The summed E-state index contributed by atoms with van der Waals surface area (Å²) in [5.74, 6) is 2.40. The van der Waals surface area contributed by atoms with Gasteiger partial charge in [0.05, 0.1) is 25.7 Å². The van der Waals surface area contributed by atoms with E-state index in [-0.39, 0.29) is 41.5 Å². The molecule has 1 aliphatic heterocycles. The molecule has 1 aromatic carbocycles. The van der Waals surface area contributed by atoms with Crippen LogP contribution in [0, 0.1) is 0 Å². The van der Waals surface area contributed by atoms with E-state index in [4.69, 9.17) is 9.47 Å². The highest BCUT2D eigenvalue weighted by Crippen LogP contribution is 2.24. The van der Waals surface area contributed by atoms with Gasteiger partial charge in [0.1, 0.15) is 11.5 Å². The van der Waals surface area contributed by atoms with Crippen LogP contribution in [0.1, 0.15) is 12.0 Å². The van der Waals surface area contributed by atoms with Crippen LogP contribution in [0.25, 0.3) is 0 Å². The number of hydrogen-bond acceptors (Lipinski definition) is 5. The first-order valence-corrected chi connectivity index (χ1v) is 9.18. The van der Waals surface area contributed by atoms with Crippen LogP contribution in [-0.2, 0) is 16.4 Å². The van der Waals surface area contributed by atoms with Crippen LogP contribution < -0.4 is 20.1 Å². The SMILES string of the molecule is CN=C(NCc1ccc(OC)cc1OC)NC1CCS(=O)(=O)C1.I. The monoisotopic (exact) mass is 469 g/mol. The molecule has 1 aromatic rings. The molecule has 136 valence electrons. The van der Waals surface area contributed by atoms with Gasteiger partial charge in [-0.25, -0.2) is 8.42 Å². The molecule has 0 amide bonds. The van der Waals surface area contributed by atoms with Crippen molar-refractivity contribution in [3.8, 4) is 11.5 Å². The predicted molar refractivity (Wildman–Crippen MR) is 105 cm³/mol. The lowest BCUT2D eigenvalue weighted by Crippen LogP contribution is -2.43. The van der Waals surface area contributed by atoms with E-state index in [1.807, 2.05) is 18.2 Å². The Morgan fingerprint density at radius 1 is 1.33 bits per heavy atom. The lowest BCUT2D eigenvalue weighted by atomic mass is 10.2. The maximum absolute atomic E-state index is 11.5. The molecule has 1 heterocycles. The highest BCUT2D eigenvalue weighted by molar-refractivity contribution is 14.0. The number of guanidine groups is 1. The lowest BCUT2D eigenvalue weighted by molar-refractivity contribution is 0.390. The Labute approximate surface area is 160 Å². The second-order valence-corrected chi connectivity index (χ2v) is 7.58. The minimum absolute atomic E-state index is 0. The van der Waals surface area contributed by atoms with E-state index in [9.17, 15) is 8.42 Å². The molecular formula is C15H24IN3O4S. The number of nitrogens with zero attached hydrogens (tertiary/aromatic N) is 1. The fourth-order valence-electron chi connectivity index (χ4n) is 2.47. The summed E-state index contributed by atoms with van der Waals surface area (Å²) in [4.78, 5) is 4.14. The van der Waals surface area contributed by atoms with E-state index < -0.39 is 9.84 Å². The average Bonchev–Trinajstić information content (AvgIpc) is 2.89. The molecule has 9 heteroatoms. The topological polar surface area (TPSA) is 89.0 Å². The van der Waals surface area contributed by atoms with E-state index in [0.717, 1.165) is 17.1 Å². The van der Waals surface area contributed by atoms with Gasteiger partial charge >= 0.3 is 0 Å². The molecular weight excluding hydrogens is 445 g/mol. The molecule has 0 spiro atoms. The number of aliphatic imine (C=N–C) groups is 1. The first kappa shape index (κ1) is 20.8. The largest absolute Gasteiger partial charge is 0.497 e. The molecule has 1 aliphatic rings. The van der Waals surface area contributed by atoms with Crippen LogP contribution in [0.3, 0.4) is 0 Å². The molecule has 1 unspecified atom stereocenters. The molecule has 1 atom stereocenters. The maximum atomic E-state index is 11.5. The molecule has 0 radical (unpaired) electrons. The Bertz CT molecular complexity index is 679. The summed E-state index contributed by atoms with van der Waals surface area (Å²) in [6, 6.07) is 5.50. The zero-order valence-electron chi connectivity index (χ0n) is 14.0. The van der Waals surface area contributed by atoms with Crippen LogP contribution in [0.4, 0.5) is 0 Å². The zero-order chi connectivity index (χ0) is 16.9. The van der Waals surface area contributed by atoms with E-state index in [1.165, 1.54) is 0 Å². The molecule has 0 saturated carbocycles. The molecule has 7 nitrogen and oxygen atoms in total. The van der Waals surface area contributed by atoms with Crippen molar-refractivity contribution in [2.45, 2.75) is 19.0 Å². The quantitative estimate of drug-likeness (QED) is 0.383. The van der Waals surface area contributed by atoms with E-state index in [1.54, 1.807) is 21.3 Å². The fraction of sp³-hybridized carbons (Fsp3) is 0.533. The second kappa shape index (κ2) is 9.30. The summed E-state index contributed by atoms with van der Waals surface area (Å²) >= 11 is 0. The zero-order valence-corrected chi connectivity index (χ0v) is 17.2. The van der Waals surface area contributed by atoms with E-state index in [2.05, 4.69) is 15.6 Å². The standard InChI is InChI=1S/C15H23N3O4S.HI/c1-16-15(18-12-6-7-23(19,20)10-12)17-9-11-4-5-13(21-2)8-14(11)22-3;/h4-5,8,12H,6-7,9-10H2,1-3H3,(H2,16,17,18);1H. The van der Waals surface area contributed by atoms with Gasteiger partial charge in [-0.05, 0) is 18.6 Å². The van der Waals surface area contributed by atoms with Crippen molar-refractivity contribution in [1.82, 2.24) is 10.6 Å². The van der Waals surface area contributed by atoms with Gasteiger partial charge in [0.15, 0.2) is 15.8 Å². The number of rotatable bonds is 5. The van der Waals surface area contributed by atoms with Gasteiger partial charge in [0.2, 0.25) is 0 Å². The van der Waals surface area contributed by atoms with E-state index >= 15 is 0 Å². The number of sulfone groups is 1. The summed E-state index contributed by atoms with van der Waals surface area (Å²) in [6.45, 7) is 0.506. The van der Waals surface area contributed by atoms with Crippen molar-refractivity contribution in [3.05, 3.63) is 23.8 Å².